The number of halogens is 4. The predicted octanol–water partition coefficient (Wildman–Crippen LogP) is 4.07. The number of hydrogen-bond donors (Lipinski definition) is 1. The van der Waals surface area contributed by atoms with E-state index in [1.165, 1.54) is 27.8 Å². The standard InChI is InChI=1S/C17H15F3IN5O/c1-16(2,26-10-12(21)9-23-26)15(27)24-13-5-4-11(17(18,19)20)8-14(13)25-7-3-6-22-25/h3-10H,1-2H3,(H,24,27). The first-order valence-corrected chi connectivity index (χ1v) is 8.90. The highest BCUT2D eigenvalue weighted by molar-refractivity contribution is 14.1. The van der Waals surface area contributed by atoms with Gasteiger partial charge in [0.25, 0.3) is 5.91 Å². The molecule has 0 fully saturated rings. The molecular formula is C17H15F3IN5O. The summed E-state index contributed by atoms with van der Waals surface area (Å²) in [4.78, 5) is 12.8. The molecule has 3 rings (SSSR count). The van der Waals surface area contributed by atoms with Crippen molar-refractivity contribution < 1.29 is 18.0 Å². The normalized spacial score (nSPS) is 12.2. The Labute approximate surface area is 166 Å². The molecule has 0 saturated heterocycles. The van der Waals surface area contributed by atoms with Crippen molar-refractivity contribution >= 4 is 34.2 Å². The molecule has 10 heteroatoms. The highest BCUT2D eigenvalue weighted by Crippen LogP contribution is 2.33. The highest BCUT2D eigenvalue weighted by Gasteiger charge is 2.33. The molecule has 2 aromatic heterocycles. The molecular weight excluding hydrogens is 474 g/mol. The maximum Gasteiger partial charge on any atom is 0.416 e. The van der Waals surface area contributed by atoms with E-state index >= 15 is 0 Å². The van der Waals surface area contributed by atoms with Gasteiger partial charge in [0.2, 0.25) is 0 Å². The zero-order valence-corrected chi connectivity index (χ0v) is 16.5. The molecule has 0 aliphatic carbocycles. The van der Waals surface area contributed by atoms with Crippen molar-refractivity contribution in [1.82, 2.24) is 19.6 Å². The van der Waals surface area contributed by atoms with Crippen LogP contribution in [-0.2, 0) is 16.5 Å². The number of amides is 1. The summed E-state index contributed by atoms with van der Waals surface area (Å²) < 4.78 is 42.9. The molecule has 0 atom stereocenters. The van der Waals surface area contributed by atoms with E-state index in [2.05, 4.69) is 38.1 Å². The summed E-state index contributed by atoms with van der Waals surface area (Å²) in [5.41, 5.74) is -1.54. The Morgan fingerprint density at radius 1 is 1.22 bits per heavy atom. The van der Waals surface area contributed by atoms with Crippen molar-refractivity contribution in [2.24, 2.45) is 0 Å². The molecule has 2 heterocycles. The molecule has 3 aromatic rings. The van der Waals surface area contributed by atoms with Gasteiger partial charge in [-0.1, -0.05) is 0 Å². The van der Waals surface area contributed by atoms with Crippen LogP contribution in [0.4, 0.5) is 18.9 Å². The van der Waals surface area contributed by atoms with E-state index in [1.54, 1.807) is 32.3 Å². The number of nitrogens with one attached hydrogen (secondary N) is 1. The van der Waals surface area contributed by atoms with Crippen LogP contribution in [0.2, 0.25) is 0 Å². The second-order valence-corrected chi connectivity index (χ2v) is 7.54. The number of anilines is 1. The van der Waals surface area contributed by atoms with Gasteiger partial charge in [0.1, 0.15) is 5.54 Å². The van der Waals surface area contributed by atoms with Gasteiger partial charge in [-0.25, -0.2) is 4.68 Å². The van der Waals surface area contributed by atoms with Gasteiger partial charge in [0.15, 0.2) is 0 Å². The Hall–Kier alpha value is -2.37. The fourth-order valence-corrected chi connectivity index (χ4v) is 2.79. The molecule has 142 valence electrons. The van der Waals surface area contributed by atoms with E-state index in [-0.39, 0.29) is 11.4 Å². The smallest absolute Gasteiger partial charge is 0.322 e. The molecule has 0 radical (unpaired) electrons. The van der Waals surface area contributed by atoms with Gasteiger partial charge in [-0.05, 0) is 60.7 Å². The summed E-state index contributed by atoms with van der Waals surface area (Å²) in [5.74, 6) is -0.421. The second kappa shape index (κ2) is 6.98. The summed E-state index contributed by atoms with van der Waals surface area (Å²) in [6.45, 7) is 3.34. The molecule has 1 amide bonds. The largest absolute Gasteiger partial charge is 0.416 e. The first-order chi connectivity index (χ1) is 12.6. The molecule has 1 N–H and O–H groups in total. The van der Waals surface area contributed by atoms with Crippen LogP contribution < -0.4 is 5.32 Å². The third-order valence-electron chi connectivity index (χ3n) is 4.00. The average Bonchev–Trinajstić information content (AvgIpc) is 3.25. The van der Waals surface area contributed by atoms with E-state index in [1.807, 2.05) is 0 Å². The predicted molar refractivity (Wildman–Crippen MR) is 101 cm³/mol. The summed E-state index contributed by atoms with van der Waals surface area (Å²) in [5, 5.41) is 10.8. The topological polar surface area (TPSA) is 64.7 Å². The highest BCUT2D eigenvalue weighted by atomic mass is 127. The SMILES string of the molecule is CC(C)(C(=O)Nc1ccc(C(F)(F)F)cc1-n1cccn1)n1cc(I)cn1. The Balaban J connectivity index is 1.98. The first kappa shape index (κ1) is 19.4. The van der Waals surface area contributed by atoms with Crippen molar-refractivity contribution in [3.63, 3.8) is 0 Å². The molecule has 6 nitrogen and oxygen atoms in total. The monoisotopic (exact) mass is 489 g/mol. The lowest BCUT2D eigenvalue weighted by Gasteiger charge is -2.25. The molecule has 0 spiro atoms. The number of rotatable bonds is 4. The number of hydrogen-bond acceptors (Lipinski definition) is 3. The summed E-state index contributed by atoms with van der Waals surface area (Å²) in [6.07, 6.45) is 1.77. The summed E-state index contributed by atoms with van der Waals surface area (Å²) in [6, 6.07) is 4.68. The maximum atomic E-state index is 13.1. The summed E-state index contributed by atoms with van der Waals surface area (Å²) in [7, 11) is 0. The average molecular weight is 489 g/mol. The molecule has 0 bridgehead atoms. The maximum absolute atomic E-state index is 13.1. The molecule has 0 aliphatic heterocycles. The van der Waals surface area contributed by atoms with Crippen LogP contribution >= 0.6 is 22.6 Å². The van der Waals surface area contributed by atoms with Gasteiger partial charge in [0.05, 0.1) is 26.7 Å². The van der Waals surface area contributed by atoms with Gasteiger partial charge in [0, 0.05) is 18.6 Å². The number of carbonyl (C=O) groups is 1. The van der Waals surface area contributed by atoms with Crippen LogP contribution in [0.25, 0.3) is 5.69 Å². The minimum Gasteiger partial charge on any atom is -0.322 e. The lowest BCUT2D eigenvalue weighted by Crippen LogP contribution is -2.40. The van der Waals surface area contributed by atoms with Gasteiger partial charge in [-0.2, -0.15) is 23.4 Å². The minimum absolute atomic E-state index is 0.119. The Bertz CT molecular complexity index is 963. The van der Waals surface area contributed by atoms with E-state index < -0.39 is 23.2 Å². The third kappa shape index (κ3) is 3.99. The van der Waals surface area contributed by atoms with Crippen LogP contribution in [0.3, 0.4) is 0 Å². The van der Waals surface area contributed by atoms with Crippen molar-refractivity contribution in [2.45, 2.75) is 25.6 Å². The van der Waals surface area contributed by atoms with Crippen molar-refractivity contribution in [3.05, 3.63) is 58.2 Å². The zero-order chi connectivity index (χ0) is 19.8. The lowest BCUT2D eigenvalue weighted by atomic mass is 10.0. The molecule has 0 unspecified atom stereocenters. The van der Waals surface area contributed by atoms with Gasteiger partial charge in [-0.3, -0.25) is 9.48 Å². The van der Waals surface area contributed by atoms with Crippen molar-refractivity contribution in [1.29, 1.82) is 0 Å². The third-order valence-corrected chi connectivity index (χ3v) is 4.56. The fraction of sp³-hybridized carbons (Fsp3) is 0.235. The molecule has 0 saturated carbocycles. The molecule has 0 aliphatic rings. The van der Waals surface area contributed by atoms with Crippen LogP contribution in [0, 0.1) is 3.57 Å². The van der Waals surface area contributed by atoms with E-state index in [9.17, 15) is 18.0 Å². The number of benzene rings is 1. The quantitative estimate of drug-likeness (QED) is 0.563. The van der Waals surface area contributed by atoms with Crippen LogP contribution in [0.15, 0.2) is 49.1 Å². The number of aromatic nitrogens is 4. The van der Waals surface area contributed by atoms with E-state index in [0.29, 0.717) is 0 Å². The van der Waals surface area contributed by atoms with Gasteiger partial charge >= 0.3 is 6.18 Å². The number of alkyl halides is 3. The Kier molecular flexibility index (Phi) is 5.02. The molecule has 27 heavy (non-hydrogen) atoms. The van der Waals surface area contributed by atoms with Gasteiger partial charge in [-0.15, -0.1) is 0 Å². The number of nitrogens with zero attached hydrogens (tertiary/aromatic N) is 4. The van der Waals surface area contributed by atoms with E-state index in [0.717, 1.165) is 15.7 Å². The van der Waals surface area contributed by atoms with E-state index in [4.69, 9.17) is 0 Å². The Morgan fingerprint density at radius 2 is 1.96 bits per heavy atom. The van der Waals surface area contributed by atoms with Crippen LogP contribution in [0.5, 0.6) is 0 Å². The van der Waals surface area contributed by atoms with Crippen LogP contribution in [-0.4, -0.2) is 25.5 Å². The van der Waals surface area contributed by atoms with Crippen LogP contribution in [0.1, 0.15) is 19.4 Å². The number of carbonyl (C=O) groups excluding carboxylic acids is 1. The minimum atomic E-state index is -4.50. The second-order valence-electron chi connectivity index (χ2n) is 6.30. The Morgan fingerprint density at radius 3 is 2.52 bits per heavy atom. The first-order valence-electron chi connectivity index (χ1n) is 7.82. The lowest BCUT2D eigenvalue weighted by molar-refractivity contribution is -0.137. The van der Waals surface area contributed by atoms with Gasteiger partial charge < -0.3 is 5.32 Å². The van der Waals surface area contributed by atoms with Crippen molar-refractivity contribution in [2.75, 3.05) is 5.32 Å². The summed E-state index contributed by atoms with van der Waals surface area (Å²) >= 11 is 2.08. The fourth-order valence-electron chi connectivity index (χ4n) is 2.40. The molecule has 1 aromatic carbocycles. The zero-order valence-electron chi connectivity index (χ0n) is 14.3. The van der Waals surface area contributed by atoms with Crippen molar-refractivity contribution in [3.8, 4) is 5.69 Å².